The van der Waals surface area contributed by atoms with Crippen molar-refractivity contribution in [1.82, 2.24) is 0 Å². The van der Waals surface area contributed by atoms with Crippen LogP contribution in [-0.2, 0) is 9.53 Å². The predicted molar refractivity (Wildman–Crippen MR) is 111 cm³/mol. The number of carbonyl (C=O) groups excluding carboxylic acids is 2. The van der Waals surface area contributed by atoms with Gasteiger partial charge in [-0.3, -0.25) is 9.59 Å². The lowest BCUT2D eigenvalue weighted by atomic mass is 10.1. The molecule has 0 unspecified atom stereocenters. The summed E-state index contributed by atoms with van der Waals surface area (Å²) >= 11 is 1.96. The lowest BCUT2D eigenvalue weighted by Gasteiger charge is -2.19. The minimum Gasteiger partial charge on any atom is -0.485 e. The highest BCUT2D eigenvalue weighted by molar-refractivity contribution is 14.1. The van der Waals surface area contributed by atoms with Crippen LogP contribution in [-0.4, -0.2) is 24.1 Å². The van der Waals surface area contributed by atoms with E-state index in [4.69, 9.17) is 15.2 Å². The zero-order chi connectivity index (χ0) is 21.1. The van der Waals surface area contributed by atoms with Gasteiger partial charge < -0.3 is 20.5 Å². The fourth-order valence-electron chi connectivity index (χ4n) is 2.95. The van der Waals surface area contributed by atoms with Gasteiger partial charge in [0, 0.05) is 23.0 Å². The Labute approximate surface area is 179 Å². The molecular formula is C20H17F2IN2O4. The van der Waals surface area contributed by atoms with Crippen molar-refractivity contribution in [3.05, 3.63) is 63.3 Å². The molecule has 0 fully saturated rings. The molecule has 0 heterocycles. The van der Waals surface area contributed by atoms with E-state index >= 15 is 0 Å². The Balaban J connectivity index is 1.89. The Morgan fingerprint density at radius 3 is 2.52 bits per heavy atom. The number of carbonyl (C=O) groups is 2. The number of nitrogens with one attached hydrogen (secondary N) is 1. The second-order valence-corrected chi connectivity index (χ2v) is 7.61. The number of amides is 1. The first-order valence-corrected chi connectivity index (χ1v) is 9.68. The molecule has 2 aromatic rings. The van der Waals surface area contributed by atoms with Crippen molar-refractivity contribution in [1.29, 1.82) is 0 Å². The summed E-state index contributed by atoms with van der Waals surface area (Å²) in [6, 6.07) is 6.49. The van der Waals surface area contributed by atoms with Gasteiger partial charge in [0.05, 0.1) is 11.4 Å². The highest BCUT2D eigenvalue weighted by Gasteiger charge is 2.26. The van der Waals surface area contributed by atoms with Crippen molar-refractivity contribution < 1.29 is 27.8 Å². The summed E-state index contributed by atoms with van der Waals surface area (Å²) in [5, 5.41) is 2.70. The fraction of sp³-hybridized carbons (Fsp3) is 0.200. The summed E-state index contributed by atoms with van der Waals surface area (Å²) < 4.78 is 39.9. The van der Waals surface area contributed by atoms with Crippen LogP contribution in [0.25, 0.3) is 0 Å². The summed E-state index contributed by atoms with van der Waals surface area (Å²) in [7, 11) is 0. The van der Waals surface area contributed by atoms with Gasteiger partial charge in [0.15, 0.2) is 0 Å². The van der Waals surface area contributed by atoms with Gasteiger partial charge in [0.1, 0.15) is 35.2 Å². The molecule has 2 aromatic carbocycles. The van der Waals surface area contributed by atoms with Gasteiger partial charge in [0.25, 0.3) is 5.91 Å². The number of ether oxygens (including phenoxy) is 2. The molecule has 0 aromatic heterocycles. The minimum absolute atomic E-state index is 0.0221. The van der Waals surface area contributed by atoms with Gasteiger partial charge in [-0.05, 0) is 59.0 Å². The van der Waals surface area contributed by atoms with Crippen LogP contribution in [0.2, 0.25) is 0 Å². The summed E-state index contributed by atoms with van der Waals surface area (Å²) in [4.78, 5) is 23.1. The lowest BCUT2D eigenvalue weighted by molar-refractivity contribution is -0.144. The Morgan fingerprint density at radius 2 is 1.86 bits per heavy atom. The van der Waals surface area contributed by atoms with E-state index < -0.39 is 35.7 Å². The molecule has 29 heavy (non-hydrogen) atoms. The first-order valence-electron chi connectivity index (χ1n) is 8.60. The van der Waals surface area contributed by atoms with E-state index in [9.17, 15) is 18.4 Å². The molecule has 1 aliphatic rings. The zero-order valence-corrected chi connectivity index (χ0v) is 17.4. The average Bonchev–Trinajstić information content (AvgIpc) is 3.02. The molecule has 6 nitrogen and oxygen atoms in total. The van der Waals surface area contributed by atoms with Gasteiger partial charge in [0.2, 0.25) is 0 Å². The predicted octanol–water partition coefficient (Wildman–Crippen LogP) is 4.05. The molecule has 0 saturated heterocycles. The van der Waals surface area contributed by atoms with Gasteiger partial charge in [-0.15, -0.1) is 0 Å². The number of anilines is 2. The normalized spacial score (nSPS) is 17.8. The third-order valence-electron chi connectivity index (χ3n) is 4.11. The molecule has 1 amide bonds. The van der Waals surface area contributed by atoms with E-state index in [2.05, 4.69) is 5.32 Å². The van der Waals surface area contributed by atoms with Crippen molar-refractivity contribution in [2.45, 2.75) is 25.6 Å². The smallest absolute Gasteiger partial charge is 0.303 e. The first-order chi connectivity index (χ1) is 13.7. The maximum atomic E-state index is 14.2. The molecule has 152 valence electrons. The average molecular weight is 514 g/mol. The maximum absolute atomic E-state index is 14.2. The third kappa shape index (κ3) is 5.22. The van der Waals surface area contributed by atoms with Gasteiger partial charge in [-0.25, -0.2) is 8.78 Å². The van der Waals surface area contributed by atoms with Crippen LogP contribution in [0.4, 0.5) is 20.2 Å². The minimum atomic E-state index is -0.869. The van der Waals surface area contributed by atoms with Crippen molar-refractivity contribution >= 4 is 45.8 Å². The molecule has 0 saturated carbocycles. The van der Waals surface area contributed by atoms with Crippen LogP contribution >= 0.6 is 22.6 Å². The fourth-order valence-corrected chi connectivity index (χ4v) is 3.40. The van der Waals surface area contributed by atoms with Crippen molar-refractivity contribution in [3.63, 3.8) is 0 Å². The monoisotopic (exact) mass is 514 g/mol. The Kier molecular flexibility index (Phi) is 6.36. The van der Waals surface area contributed by atoms with Gasteiger partial charge in [-0.2, -0.15) is 0 Å². The van der Waals surface area contributed by atoms with Crippen LogP contribution in [0.3, 0.4) is 0 Å². The number of esters is 1. The summed E-state index contributed by atoms with van der Waals surface area (Å²) in [5.41, 5.74) is 5.40. The second kappa shape index (κ2) is 8.76. The highest BCUT2D eigenvalue weighted by Crippen LogP contribution is 2.33. The molecule has 3 N–H and O–H groups in total. The van der Waals surface area contributed by atoms with E-state index in [0.717, 1.165) is 12.1 Å². The van der Waals surface area contributed by atoms with E-state index in [1.807, 2.05) is 22.6 Å². The molecule has 0 aliphatic heterocycles. The molecule has 0 spiro atoms. The van der Waals surface area contributed by atoms with E-state index in [0.29, 0.717) is 9.99 Å². The molecule has 0 bridgehead atoms. The summed E-state index contributed by atoms with van der Waals surface area (Å²) in [6.45, 7) is 1.29. The van der Waals surface area contributed by atoms with Gasteiger partial charge >= 0.3 is 5.97 Å². The number of hydrogen-bond donors (Lipinski definition) is 2. The Bertz CT molecular complexity index is 997. The van der Waals surface area contributed by atoms with Crippen LogP contribution in [0, 0.1) is 15.2 Å². The SMILES string of the molecule is CC(=O)O[C@@H]1C=C[C@H](Oc2cc(F)cc(Nc3ccc(I)cc3F)c2C(N)=O)C1. The number of primary amides is 1. The van der Waals surface area contributed by atoms with Crippen molar-refractivity contribution in [3.8, 4) is 5.75 Å². The number of benzene rings is 2. The number of halogens is 3. The zero-order valence-electron chi connectivity index (χ0n) is 15.2. The van der Waals surface area contributed by atoms with Crippen LogP contribution in [0.1, 0.15) is 23.7 Å². The quantitative estimate of drug-likeness (QED) is 0.345. The molecule has 2 atom stereocenters. The number of hydrogen-bond acceptors (Lipinski definition) is 5. The third-order valence-corrected chi connectivity index (χ3v) is 4.79. The molecule has 1 aliphatic carbocycles. The highest BCUT2D eigenvalue weighted by atomic mass is 127. The van der Waals surface area contributed by atoms with E-state index in [1.165, 1.54) is 19.1 Å². The molecular weight excluding hydrogens is 497 g/mol. The topological polar surface area (TPSA) is 90.7 Å². The number of rotatable bonds is 6. The maximum Gasteiger partial charge on any atom is 0.303 e. The first kappa shape index (κ1) is 21.0. The summed E-state index contributed by atoms with van der Waals surface area (Å²) in [6.07, 6.45) is 2.58. The summed E-state index contributed by atoms with van der Waals surface area (Å²) in [5.74, 6) is -2.66. The molecule has 3 rings (SSSR count). The van der Waals surface area contributed by atoms with Crippen LogP contribution in [0.5, 0.6) is 5.75 Å². The second-order valence-electron chi connectivity index (χ2n) is 6.36. The van der Waals surface area contributed by atoms with Crippen LogP contribution < -0.4 is 15.8 Å². The van der Waals surface area contributed by atoms with E-state index in [-0.39, 0.29) is 22.7 Å². The molecule has 9 heteroatoms. The Hall–Kier alpha value is -2.69. The van der Waals surface area contributed by atoms with Crippen LogP contribution in [0.15, 0.2) is 42.5 Å². The molecule has 0 radical (unpaired) electrons. The largest absolute Gasteiger partial charge is 0.485 e. The van der Waals surface area contributed by atoms with Crippen molar-refractivity contribution in [2.24, 2.45) is 5.73 Å². The Morgan fingerprint density at radius 1 is 1.14 bits per heavy atom. The standard InChI is InChI=1S/C20H17F2IN2O4/c1-10(26)28-13-3-4-14(9-13)29-18-7-11(21)6-17(19(18)20(24)27)25-16-5-2-12(23)8-15(16)22/h2-8,13-14,25H,9H2,1H3,(H2,24,27)/t13-,14+/m1/s1. The number of nitrogens with two attached hydrogens (primary N) is 1. The van der Waals surface area contributed by atoms with Crippen molar-refractivity contribution in [2.75, 3.05) is 5.32 Å². The van der Waals surface area contributed by atoms with Gasteiger partial charge in [-0.1, -0.05) is 0 Å². The van der Waals surface area contributed by atoms with E-state index in [1.54, 1.807) is 18.2 Å². The lowest BCUT2D eigenvalue weighted by Crippen LogP contribution is -2.21.